The molecule has 0 radical (unpaired) electrons. The molecule has 0 unspecified atom stereocenters. The standard InChI is InChI=1S/C22H26F2N4O.HI/c1-25-22(27-15-18-13-19(23)9-10-20(18)24)26-14-16-5-7-17(8-6-16)21(29)28-11-3-2-4-12-28;/h5-10,13H,2-4,11-12,14-15H2,1H3,(H2,25,26,27);1H. The number of carbonyl (C=O) groups excluding carboxylic acids is 1. The van der Waals surface area contributed by atoms with Crippen LogP contribution in [0, 0.1) is 11.6 Å². The second-order valence-electron chi connectivity index (χ2n) is 7.06. The first-order valence-electron chi connectivity index (χ1n) is 9.83. The van der Waals surface area contributed by atoms with E-state index < -0.39 is 11.6 Å². The molecule has 0 spiro atoms. The average Bonchev–Trinajstić information content (AvgIpc) is 2.76. The van der Waals surface area contributed by atoms with Gasteiger partial charge in [-0.25, -0.2) is 8.78 Å². The number of guanidine groups is 1. The van der Waals surface area contributed by atoms with E-state index in [1.165, 1.54) is 6.42 Å². The van der Waals surface area contributed by atoms with Crippen molar-refractivity contribution < 1.29 is 13.6 Å². The van der Waals surface area contributed by atoms with E-state index in [2.05, 4.69) is 15.6 Å². The van der Waals surface area contributed by atoms with Crippen LogP contribution in [0.5, 0.6) is 0 Å². The van der Waals surface area contributed by atoms with Crippen LogP contribution in [0.4, 0.5) is 8.78 Å². The average molecular weight is 528 g/mol. The normalized spacial score (nSPS) is 14.1. The number of hydrogen-bond acceptors (Lipinski definition) is 2. The van der Waals surface area contributed by atoms with Crippen molar-refractivity contribution in [2.75, 3.05) is 20.1 Å². The highest BCUT2D eigenvalue weighted by molar-refractivity contribution is 14.0. The smallest absolute Gasteiger partial charge is 0.253 e. The summed E-state index contributed by atoms with van der Waals surface area (Å²) in [6, 6.07) is 10.8. The summed E-state index contributed by atoms with van der Waals surface area (Å²) in [5.74, 6) is -0.394. The number of nitrogens with zero attached hydrogens (tertiary/aromatic N) is 2. The van der Waals surface area contributed by atoms with Crippen LogP contribution in [0.2, 0.25) is 0 Å². The highest BCUT2D eigenvalue weighted by Gasteiger charge is 2.17. The Morgan fingerprint density at radius 2 is 1.67 bits per heavy atom. The van der Waals surface area contributed by atoms with E-state index in [1.54, 1.807) is 7.05 Å². The molecule has 30 heavy (non-hydrogen) atoms. The second-order valence-corrected chi connectivity index (χ2v) is 7.06. The van der Waals surface area contributed by atoms with Crippen LogP contribution in [0.1, 0.15) is 40.7 Å². The Morgan fingerprint density at radius 3 is 2.33 bits per heavy atom. The minimum atomic E-state index is -0.481. The first-order valence-corrected chi connectivity index (χ1v) is 9.83. The van der Waals surface area contributed by atoms with E-state index in [-0.39, 0.29) is 42.0 Å². The van der Waals surface area contributed by atoms with E-state index in [4.69, 9.17) is 0 Å². The van der Waals surface area contributed by atoms with Crippen molar-refractivity contribution in [3.05, 3.63) is 70.8 Å². The van der Waals surface area contributed by atoms with Crippen LogP contribution in [0.15, 0.2) is 47.5 Å². The summed E-state index contributed by atoms with van der Waals surface area (Å²) in [6.45, 7) is 2.27. The maximum atomic E-state index is 13.7. The first-order chi connectivity index (χ1) is 14.1. The largest absolute Gasteiger partial charge is 0.352 e. The lowest BCUT2D eigenvalue weighted by atomic mass is 10.1. The lowest BCUT2D eigenvalue weighted by molar-refractivity contribution is 0.0724. The third-order valence-corrected chi connectivity index (χ3v) is 4.98. The minimum Gasteiger partial charge on any atom is -0.352 e. The number of amides is 1. The number of hydrogen-bond donors (Lipinski definition) is 2. The van der Waals surface area contributed by atoms with Crippen molar-refractivity contribution in [2.24, 2.45) is 4.99 Å². The highest BCUT2D eigenvalue weighted by Crippen LogP contribution is 2.14. The number of aliphatic imine (C=N–C) groups is 1. The Morgan fingerprint density at radius 1 is 1.00 bits per heavy atom. The maximum absolute atomic E-state index is 13.7. The first kappa shape index (κ1) is 24.0. The molecule has 1 heterocycles. The number of likely N-dealkylation sites (tertiary alicyclic amines) is 1. The third kappa shape index (κ3) is 6.65. The number of nitrogens with one attached hydrogen (secondary N) is 2. The number of carbonyl (C=O) groups is 1. The molecule has 162 valence electrons. The van der Waals surface area contributed by atoms with Gasteiger partial charge in [0.05, 0.1) is 0 Å². The minimum absolute atomic E-state index is 0. The fourth-order valence-corrected chi connectivity index (χ4v) is 3.31. The van der Waals surface area contributed by atoms with Crippen LogP contribution in [-0.2, 0) is 13.1 Å². The van der Waals surface area contributed by atoms with E-state index >= 15 is 0 Å². The van der Waals surface area contributed by atoms with Crippen molar-refractivity contribution in [1.29, 1.82) is 0 Å². The number of rotatable bonds is 5. The summed E-state index contributed by atoms with van der Waals surface area (Å²) in [7, 11) is 1.61. The lowest BCUT2D eigenvalue weighted by Crippen LogP contribution is -2.36. The Hall–Kier alpha value is -2.23. The summed E-state index contributed by atoms with van der Waals surface area (Å²) >= 11 is 0. The van der Waals surface area contributed by atoms with Gasteiger partial charge in [0.2, 0.25) is 0 Å². The highest BCUT2D eigenvalue weighted by atomic mass is 127. The summed E-state index contributed by atoms with van der Waals surface area (Å²) in [5, 5.41) is 6.10. The summed E-state index contributed by atoms with van der Waals surface area (Å²) in [5.41, 5.74) is 1.91. The van der Waals surface area contributed by atoms with Gasteiger partial charge in [-0.05, 0) is 55.2 Å². The summed E-state index contributed by atoms with van der Waals surface area (Å²) < 4.78 is 27.0. The summed E-state index contributed by atoms with van der Waals surface area (Å²) in [4.78, 5) is 18.5. The molecular weight excluding hydrogens is 501 g/mol. The van der Waals surface area contributed by atoms with Crippen molar-refractivity contribution in [2.45, 2.75) is 32.4 Å². The van der Waals surface area contributed by atoms with Crippen LogP contribution in [0.25, 0.3) is 0 Å². The SMILES string of the molecule is CN=C(NCc1ccc(C(=O)N2CCCCC2)cc1)NCc1cc(F)ccc1F.I. The molecule has 2 aromatic carbocycles. The van der Waals surface area contributed by atoms with Gasteiger partial charge < -0.3 is 15.5 Å². The predicted octanol–water partition coefficient (Wildman–Crippen LogP) is 4.07. The Balaban J connectivity index is 0.00000320. The zero-order chi connectivity index (χ0) is 20.6. The van der Waals surface area contributed by atoms with Crippen LogP contribution < -0.4 is 10.6 Å². The molecule has 8 heteroatoms. The molecule has 1 aliphatic heterocycles. The van der Waals surface area contributed by atoms with Gasteiger partial charge in [0, 0.05) is 44.4 Å². The van der Waals surface area contributed by atoms with Crippen molar-refractivity contribution >= 4 is 35.8 Å². The molecule has 1 fully saturated rings. The molecule has 1 aliphatic rings. The molecule has 1 saturated heterocycles. The molecule has 1 amide bonds. The molecule has 3 rings (SSSR count). The molecule has 0 bridgehead atoms. The summed E-state index contributed by atoms with van der Waals surface area (Å²) in [6.07, 6.45) is 3.33. The van der Waals surface area contributed by atoms with Crippen molar-refractivity contribution in [3.63, 3.8) is 0 Å². The second kappa shape index (κ2) is 11.8. The molecule has 0 saturated carbocycles. The zero-order valence-corrected chi connectivity index (χ0v) is 19.3. The fourth-order valence-electron chi connectivity index (χ4n) is 3.31. The molecule has 0 aliphatic carbocycles. The van der Waals surface area contributed by atoms with Gasteiger partial charge in [0.1, 0.15) is 11.6 Å². The molecule has 2 N–H and O–H groups in total. The molecule has 0 atom stereocenters. The topological polar surface area (TPSA) is 56.7 Å². The molecule has 5 nitrogen and oxygen atoms in total. The van der Waals surface area contributed by atoms with Crippen molar-refractivity contribution in [3.8, 4) is 0 Å². The number of piperidine rings is 1. The van der Waals surface area contributed by atoms with Gasteiger partial charge in [0.25, 0.3) is 5.91 Å². The van der Waals surface area contributed by atoms with E-state index in [9.17, 15) is 13.6 Å². The Bertz CT molecular complexity index is 868. The van der Waals surface area contributed by atoms with Gasteiger partial charge in [0.15, 0.2) is 5.96 Å². The third-order valence-electron chi connectivity index (χ3n) is 4.98. The van der Waals surface area contributed by atoms with Crippen LogP contribution >= 0.6 is 24.0 Å². The van der Waals surface area contributed by atoms with Gasteiger partial charge in [-0.3, -0.25) is 9.79 Å². The van der Waals surface area contributed by atoms with E-state index in [1.807, 2.05) is 29.2 Å². The quantitative estimate of drug-likeness (QED) is 0.350. The van der Waals surface area contributed by atoms with Crippen LogP contribution in [-0.4, -0.2) is 36.9 Å². The monoisotopic (exact) mass is 528 g/mol. The Kier molecular flexibility index (Phi) is 9.48. The predicted molar refractivity (Wildman–Crippen MR) is 125 cm³/mol. The molecular formula is C22H27F2IN4O. The fraction of sp³-hybridized carbons (Fsp3) is 0.364. The molecule has 2 aromatic rings. The maximum Gasteiger partial charge on any atom is 0.253 e. The van der Waals surface area contributed by atoms with Gasteiger partial charge in [-0.1, -0.05) is 12.1 Å². The number of halogens is 3. The van der Waals surface area contributed by atoms with Gasteiger partial charge >= 0.3 is 0 Å². The number of benzene rings is 2. The van der Waals surface area contributed by atoms with Gasteiger partial charge in [-0.15, -0.1) is 24.0 Å². The van der Waals surface area contributed by atoms with E-state index in [0.29, 0.717) is 18.1 Å². The van der Waals surface area contributed by atoms with Gasteiger partial charge in [-0.2, -0.15) is 0 Å². The van der Waals surface area contributed by atoms with Crippen molar-refractivity contribution in [1.82, 2.24) is 15.5 Å². The zero-order valence-electron chi connectivity index (χ0n) is 17.0. The van der Waals surface area contributed by atoms with Crippen LogP contribution in [0.3, 0.4) is 0 Å². The Labute approximate surface area is 193 Å². The molecule has 0 aromatic heterocycles. The van der Waals surface area contributed by atoms with E-state index in [0.717, 1.165) is 49.7 Å². The lowest BCUT2D eigenvalue weighted by Gasteiger charge is -2.26.